The van der Waals surface area contributed by atoms with Crippen molar-refractivity contribution in [3.8, 4) is 10.7 Å². The van der Waals surface area contributed by atoms with Crippen LogP contribution in [0.5, 0.6) is 0 Å². The first-order valence-electron chi connectivity index (χ1n) is 5.99. The maximum atomic E-state index is 4.28. The Hall–Kier alpha value is -1.02. The average Bonchev–Trinajstić information content (AvgIpc) is 2.89. The summed E-state index contributed by atoms with van der Waals surface area (Å²) in [5.41, 5.74) is 3.84. The molecule has 10 heteroatoms. The minimum absolute atomic E-state index is 0. The highest BCUT2D eigenvalue weighted by atomic mass is 127. The van der Waals surface area contributed by atoms with Crippen molar-refractivity contribution >= 4 is 17.4 Å². The third kappa shape index (κ3) is 4.74. The second kappa shape index (κ2) is 8.57. The molecular weight excluding hydrogens is 528 g/mol. The van der Waals surface area contributed by atoms with Crippen LogP contribution in [0, 0.1) is 6.92 Å². The summed E-state index contributed by atoms with van der Waals surface area (Å²) in [5, 5.41) is 9.06. The molecule has 0 atom stereocenters. The van der Waals surface area contributed by atoms with Crippen molar-refractivity contribution < 1.29 is 57.2 Å². The Balaban J connectivity index is 0.00000121. The lowest BCUT2D eigenvalue weighted by molar-refractivity contribution is -0.715. The Labute approximate surface area is 166 Å². The maximum Gasteiger partial charge on any atom is 0.263 e. The summed E-state index contributed by atoms with van der Waals surface area (Å²) in [4.78, 5) is 4.28. The Bertz CT molecular complexity index is 715. The Kier molecular flexibility index (Phi) is 7.41. The molecule has 22 heavy (non-hydrogen) atoms. The molecule has 0 spiro atoms. The van der Waals surface area contributed by atoms with Crippen molar-refractivity contribution in [1.82, 2.24) is 19.6 Å². The fourth-order valence-electron chi connectivity index (χ4n) is 1.57. The van der Waals surface area contributed by atoms with Crippen LogP contribution in [-0.4, -0.2) is 19.6 Å². The van der Waals surface area contributed by atoms with Crippen molar-refractivity contribution in [3.63, 3.8) is 0 Å². The molecule has 0 aliphatic heterocycles. The van der Waals surface area contributed by atoms with Crippen LogP contribution in [0.1, 0.15) is 5.82 Å². The van der Waals surface area contributed by atoms with Crippen molar-refractivity contribution in [3.05, 3.63) is 42.7 Å². The number of halogens is 2. The van der Waals surface area contributed by atoms with E-state index in [2.05, 4.69) is 25.0 Å². The molecule has 1 N–H and O–H groups in total. The summed E-state index contributed by atoms with van der Waals surface area (Å²) in [6.07, 6.45) is 7.64. The number of hydrogen-bond acceptors (Lipinski definition) is 6. The molecule has 0 aromatic carbocycles. The molecule has 0 fully saturated rings. The highest BCUT2D eigenvalue weighted by molar-refractivity contribution is 7.09. The van der Waals surface area contributed by atoms with Gasteiger partial charge in [-0.3, -0.25) is 0 Å². The van der Waals surface area contributed by atoms with Gasteiger partial charge in [0.1, 0.15) is 18.6 Å². The number of rotatable bonds is 3. The number of nitrogens with one attached hydrogen (secondary N) is 1. The van der Waals surface area contributed by atoms with E-state index < -0.39 is 0 Å². The summed E-state index contributed by atoms with van der Waals surface area (Å²) in [6.45, 7) is 1.86. The standard InChI is InChI=1S/C12H12N7S.2HI/c1-9-13-12(20-17-9)10-3-4-11(15-14-10)16-19-7-5-18(2)6-8-19;;/h3-8H,1-2H3;2*1H/q+1;;/p-1. The SMILES string of the molecule is Cc1nsc(-c2ccc(N[n+]3cc[n+](C)cc3)nn2)n1.[I-].[I-]. The molecule has 3 aromatic rings. The summed E-state index contributed by atoms with van der Waals surface area (Å²) >= 11 is 1.32. The van der Waals surface area contributed by atoms with Crippen LogP contribution < -0.4 is 62.6 Å². The monoisotopic (exact) mass is 541 g/mol. The van der Waals surface area contributed by atoms with Gasteiger partial charge in [0.15, 0.2) is 5.01 Å². The second-order valence-electron chi connectivity index (χ2n) is 4.23. The number of nitrogens with zero attached hydrogens (tertiary/aromatic N) is 6. The number of aryl methyl sites for hydroxylation is 2. The van der Waals surface area contributed by atoms with Crippen LogP contribution in [0.25, 0.3) is 10.7 Å². The average molecular weight is 541 g/mol. The zero-order valence-electron chi connectivity index (χ0n) is 11.8. The third-order valence-electron chi connectivity index (χ3n) is 2.58. The van der Waals surface area contributed by atoms with Crippen molar-refractivity contribution in [1.29, 1.82) is 0 Å². The fraction of sp³-hybridized carbons (Fsp3) is 0.167. The summed E-state index contributed by atoms with van der Waals surface area (Å²) in [7, 11) is 1.96. The van der Waals surface area contributed by atoms with Crippen molar-refractivity contribution in [2.45, 2.75) is 6.92 Å². The topological polar surface area (TPSA) is 71.3 Å². The van der Waals surface area contributed by atoms with Crippen LogP contribution in [0.4, 0.5) is 5.82 Å². The smallest absolute Gasteiger partial charge is 0.263 e. The first-order valence-corrected chi connectivity index (χ1v) is 6.76. The van der Waals surface area contributed by atoms with Crippen LogP contribution in [-0.2, 0) is 7.05 Å². The molecule has 7 nitrogen and oxygen atoms in total. The van der Waals surface area contributed by atoms with Crippen LogP contribution in [0.2, 0.25) is 0 Å². The molecule has 0 radical (unpaired) electrons. The number of aromatic nitrogens is 6. The second-order valence-corrected chi connectivity index (χ2v) is 4.98. The third-order valence-corrected chi connectivity index (χ3v) is 3.41. The van der Waals surface area contributed by atoms with Gasteiger partial charge in [0.25, 0.3) is 12.4 Å². The number of hydrogen-bond donors (Lipinski definition) is 1. The molecule has 116 valence electrons. The summed E-state index contributed by atoms with van der Waals surface area (Å²) in [5.74, 6) is 1.41. The molecule has 3 aromatic heterocycles. The Morgan fingerprint density at radius 2 is 1.77 bits per heavy atom. The molecule has 0 saturated carbocycles. The summed E-state index contributed by atoms with van der Waals surface area (Å²) in [6, 6.07) is 3.73. The molecular formula is C12H13I2N7S. The van der Waals surface area contributed by atoms with Gasteiger partial charge in [-0.2, -0.15) is 8.94 Å². The van der Waals surface area contributed by atoms with Gasteiger partial charge in [0, 0.05) is 0 Å². The maximum absolute atomic E-state index is 4.28. The molecule has 0 aliphatic rings. The van der Waals surface area contributed by atoms with Crippen molar-refractivity contribution in [2.75, 3.05) is 5.43 Å². The predicted molar refractivity (Wildman–Crippen MR) is 72.5 cm³/mol. The Morgan fingerprint density at radius 3 is 2.32 bits per heavy atom. The van der Waals surface area contributed by atoms with E-state index in [0.717, 1.165) is 16.5 Å². The predicted octanol–water partition coefficient (Wildman–Crippen LogP) is -5.70. The number of anilines is 1. The lowest BCUT2D eigenvalue weighted by atomic mass is 10.4. The van der Waals surface area contributed by atoms with E-state index in [-0.39, 0.29) is 48.0 Å². The van der Waals surface area contributed by atoms with E-state index >= 15 is 0 Å². The van der Waals surface area contributed by atoms with E-state index in [9.17, 15) is 0 Å². The van der Waals surface area contributed by atoms with Gasteiger partial charge < -0.3 is 48.0 Å². The van der Waals surface area contributed by atoms with Gasteiger partial charge in [0.2, 0.25) is 18.2 Å². The highest BCUT2D eigenvalue weighted by Crippen LogP contribution is 2.18. The van der Waals surface area contributed by atoms with Gasteiger partial charge in [-0.25, -0.2) is 4.98 Å². The zero-order chi connectivity index (χ0) is 13.9. The fourth-order valence-corrected chi connectivity index (χ4v) is 2.20. The lowest BCUT2D eigenvalue weighted by Crippen LogP contribution is -3.00. The zero-order valence-corrected chi connectivity index (χ0v) is 16.9. The van der Waals surface area contributed by atoms with Crippen molar-refractivity contribution in [2.24, 2.45) is 7.05 Å². The van der Waals surface area contributed by atoms with E-state index in [4.69, 9.17) is 0 Å². The molecule has 0 aliphatic carbocycles. The minimum Gasteiger partial charge on any atom is -1.00 e. The van der Waals surface area contributed by atoms with E-state index in [1.54, 1.807) is 4.68 Å². The molecule has 0 saturated heterocycles. The largest absolute Gasteiger partial charge is 1.00 e. The lowest BCUT2D eigenvalue weighted by Gasteiger charge is -1.98. The molecule has 0 bridgehead atoms. The quantitative estimate of drug-likeness (QED) is 0.265. The van der Waals surface area contributed by atoms with Crippen LogP contribution in [0.15, 0.2) is 36.9 Å². The van der Waals surface area contributed by atoms with E-state index in [1.165, 1.54) is 11.5 Å². The highest BCUT2D eigenvalue weighted by Gasteiger charge is 2.08. The van der Waals surface area contributed by atoms with Gasteiger partial charge in [-0.05, 0) is 30.6 Å². The van der Waals surface area contributed by atoms with Gasteiger partial charge in [-0.1, -0.05) is 4.68 Å². The van der Waals surface area contributed by atoms with Gasteiger partial charge in [0.05, 0.1) is 0 Å². The van der Waals surface area contributed by atoms with Gasteiger partial charge in [-0.15, -0.1) is 15.6 Å². The minimum atomic E-state index is 0. The Morgan fingerprint density at radius 1 is 1.05 bits per heavy atom. The van der Waals surface area contributed by atoms with Crippen LogP contribution >= 0.6 is 11.5 Å². The molecule has 3 rings (SSSR count). The molecule has 0 unspecified atom stereocenters. The van der Waals surface area contributed by atoms with Crippen LogP contribution in [0.3, 0.4) is 0 Å². The normalized spacial score (nSPS) is 9.55. The molecule has 0 amide bonds. The first kappa shape index (κ1) is 19.0. The first-order chi connectivity index (χ1) is 9.70. The van der Waals surface area contributed by atoms with Gasteiger partial charge >= 0.3 is 0 Å². The van der Waals surface area contributed by atoms with E-state index in [0.29, 0.717) is 5.82 Å². The summed E-state index contributed by atoms with van der Waals surface area (Å²) < 4.78 is 7.89. The van der Waals surface area contributed by atoms with E-state index in [1.807, 2.05) is 55.5 Å². The molecule has 3 heterocycles.